The van der Waals surface area contributed by atoms with Gasteiger partial charge in [0, 0.05) is 16.7 Å². The molecule has 0 bridgehead atoms. The molecule has 0 spiro atoms. The first kappa shape index (κ1) is 23.2. The van der Waals surface area contributed by atoms with E-state index in [1.165, 1.54) is 54.2 Å². The number of nitrogens with zero attached hydrogens (tertiary/aromatic N) is 2. The van der Waals surface area contributed by atoms with Gasteiger partial charge >= 0.3 is 0 Å². The number of thioether (sulfide) groups is 1. The number of ether oxygens (including phenoxy) is 2. The minimum atomic E-state index is -0.756. The van der Waals surface area contributed by atoms with E-state index in [9.17, 15) is 18.4 Å². The number of nitrogens with two attached hydrogens (primary N) is 1. The van der Waals surface area contributed by atoms with Crippen molar-refractivity contribution in [3.05, 3.63) is 95.1 Å². The molecule has 1 aliphatic rings. The summed E-state index contributed by atoms with van der Waals surface area (Å²) in [7, 11) is 1.44. The highest BCUT2D eigenvalue weighted by Crippen LogP contribution is 2.47. The van der Waals surface area contributed by atoms with Crippen LogP contribution in [0.2, 0.25) is 0 Å². The number of hydrazone groups is 1. The molecule has 10 heteroatoms. The topological polar surface area (TPSA) is 94.2 Å². The quantitative estimate of drug-likeness (QED) is 0.546. The summed E-state index contributed by atoms with van der Waals surface area (Å²) in [5.74, 6) is -1.68. The highest BCUT2D eigenvalue weighted by atomic mass is 32.2. The Balaban J connectivity index is 1.79. The molecule has 1 aliphatic heterocycles. The third-order valence-corrected chi connectivity index (χ3v) is 6.09. The van der Waals surface area contributed by atoms with Crippen LogP contribution in [-0.4, -0.2) is 35.6 Å². The van der Waals surface area contributed by atoms with Crippen molar-refractivity contribution in [1.82, 2.24) is 5.01 Å². The predicted octanol–water partition coefficient (Wildman–Crippen LogP) is 4.09. The van der Waals surface area contributed by atoms with E-state index >= 15 is 0 Å². The first-order valence-corrected chi connectivity index (χ1v) is 10.9. The maximum absolute atomic E-state index is 13.8. The van der Waals surface area contributed by atoms with Gasteiger partial charge in [-0.15, -0.1) is 0 Å². The van der Waals surface area contributed by atoms with E-state index in [-0.39, 0.29) is 11.3 Å². The summed E-state index contributed by atoms with van der Waals surface area (Å²) in [6.07, 6.45) is 0. The third-order valence-electron chi connectivity index (χ3n) is 4.87. The molecule has 1 unspecified atom stereocenters. The Morgan fingerprint density at radius 3 is 2.47 bits per heavy atom. The summed E-state index contributed by atoms with van der Waals surface area (Å²) >= 11 is 1.21. The molecule has 0 aromatic heterocycles. The van der Waals surface area contributed by atoms with Gasteiger partial charge in [0.05, 0.1) is 7.11 Å². The number of benzene rings is 3. The number of carbonyl (C=O) groups excluding carboxylic acids is 2. The van der Waals surface area contributed by atoms with Crippen molar-refractivity contribution in [1.29, 1.82) is 0 Å². The van der Waals surface area contributed by atoms with E-state index in [1.807, 2.05) is 0 Å². The molecule has 7 nitrogen and oxygen atoms in total. The lowest BCUT2D eigenvalue weighted by atomic mass is 10.1. The maximum Gasteiger partial charge on any atom is 0.275 e. The highest BCUT2D eigenvalue weighted by Gasteiger charge is 2.37. The van der Waals surface area contributed by atoms with Crippen molar-refractivity contribution in [2.45, 2.75) is 5.37 Å². The standard InChI is InChI=1S/C24H19F2N3O4S/c1-32-19-7-3-6-18(21(19)33-13-20(27)30)24-29(23(31)15-4-2-5-17(26)12-15)28-22(34-24)14-8-10-16(25)11-9-14/h2-12,24H,13H2,1H3,(H2,27,30). The number of hydrogen-bond donors (Lipinski definition) is 1. The molecule has 3 aromatic carbocycles. The number of hydrogen-bond acceptors (Lipinski definition) is 6. The van der Waals surface area contributed by atoms with Gasteiger partial charge in [-0.3, -0.25) is 9.59 Å². The van der Waals surface area contributed by atoms with Gasteiger partial charge in [-0.1, -0.05) is 30.0 Å². The number of para-hydroxylation sites is 1. The summed E-state index contributed by atoms with van der Waals surface area (Å²) in [5, 5.41) is 5.36. The molecule has 3 aromatic rings. The minimum absolute atomic E-state index is 0.0946. The van der Waals surface area contributed by atoms with Gasteiger partial charge in [0.1, 0.15) is 22.1 Å². The van der Waals surface area contributed by atoms with Gasteiger partial charge in [0.25, 0.3) is 11.8 Å². The van der Waals surface area contributed by atoms with Crippen molar-refractivity contribution in [3.8, 4) is 11.5 Å². The second-order valence-electron chi connectivity index (χ2n) is 7.18. The molecular weight excluding hydrogens is 464 g/mol. The molecule has 34 heavy (non-hydrogen) atoms. The third kappa shape index (κ3) is 4.86. The molecule has 1 atom stereocenters. The van der Waals surface area contributed by atoms with Crippen LogP contribution in [0.4, 0.5) is 8.78 Å². The van der Waals surface area contributed by atoms with E-state index in [1.54, 1.807) is 30.3 Å². The Morgan fingerprint density at radius 2 is 1.79 bits per heavy atom. The van der Waals surface area contributed by atoms with Crippen LogP contribution in [0.3, 0.4) is 0 Å². The second kappa shape index (κ2) is 9.92. The van der Waals surface area contributed by atoms with Crippen LogP contribution >= 0.6 is 11.8 Å². The molecule has 0 fully saturated rings. The molecule has 174 valence electrons. The van der Waals surface area contributed by atoms with Gasteiger partial charge in [0.15, 0.2) is 18.1 Å². The fourth-order valence-corrected chi connectivity index (χ4v) is 4.51. The maximum atomic E-state index is 13.8. The zero-order valence-electron chi connectivity index (χ0n) is 17.9. The Morgan fingerprint density at radius 1 is 1.06 bits per heavy atom. The number of carbonyl (C=O) groups is 2. The Bertz CT molecular complexity index is 1270. The molecule has 4 rings (SSSR count). The average molecular weight is 483 g/mol. The van der Waals surface area contributed by atoms with E-state index in [0.29, 0.717) is 21.9 Å². The van der Waals surface area contributed by atoms with Crippen LogP contribution in [0.5, 0.6) is 11.5 Å². The Labute approximate surface area is 198 Å². The largest absolute Gasteiger partial charge is 0.493 e. The van der Waals surface area contributed by atoms with Crippen molar-refractivity contribution in [3.63, 3.8) is 0 Å². The SMILES string of the molecule is COc1cccc(C2SC(c3ccc(F)cc3)=NN2C(=O)c2cccc(F)c2)c1OCC(N)=O. The van der Waals surface area contributed by atoms with E-state index in [0.717, 1.165) is 6.07 Å². The van der Waals surface area contributed by atoms with Crippen LogP contribution in [-0.2, 0) is 4.79 Å². The molecule has 2 N–H and O–H groups in total. The number of amides is 2. The zero-order chi connectivity index (χ0) is 24.2. The summed E-state index contributed by atoms with van der Waals surface area (Å²) in [6.45, 7) is -0.408. The molecule has 0 saturated carbocycles. The second-order valence-corrected chi connectivity index (χ2v) is 8.24. The number of rotatable bonds is 7. The summed E-state index contributed by atoms with van der Waals surface area (Å²) in [5.41, 5.74) is 6.42. The zero-order valence-corrected chi connectivity index (χ0v) is 18.7. The molecular formula is C24H19F2N3O4S. The molecule has 1 heterocycles. The number of methoxy groups -OCH3 is 1. The summed E-state index contributed by atoms with van der Waals surface area (Å²) < 4.78 is 38.3. The Hall–Kier alpha value is -3.92. The lowest BCUT2D eigenvalue weighted by molar-refractivity contribution is -0.120. The van der Waals surface area contributed by atoms with Crippen molar-refractivity contribution >= 4 is 28.6 Å². The van der Waals surface area contributed by atoms with Gasteiger partial charge in [-0.05, 0) is 48.5 Å². The lowest BCUT2D eigenvalue weighted by Crippen LogP contribution is -2.27. The fraction of sp³-hybridized carbons (Fsp3) is 0.125. The molecule has 0 radical (unpaired) electrons. The molecule has 0 saturated heterocycles. The van der Waals surface area contributed by atoms with Crippen LogP contribution in [0.1, 0.15) is 26.9 Å². The van der Waals surface area contributed by atoms with Crippen LogP contribution in [0.25, 0.3) is 0 Å². The monoisotopic (exact) mass is 483 g/mol. The van der Waals surface area contributed by atoms with Gasteiger partial charge in [-0.25, -0.2) is 13.8 Å². The van der Waals surface area contributed by atoms with E-state index < -0.39 is 35.4 Å². The summed E-state index contributed by atoms with van der Waals surface area (Å²) in [4.78, 5) is 24.7. The first-order chi connectivity index (χ1) is 16.4. The minimum Gasteiger partial charge on any atom is -0.493 e. The van der Waals surface area contributed by atoms with E-state index in [4.69, 9.17) is 15.2 Å². The smallest absolute Gasteiger partial charge is 0.275 e. The molecule has 2 amide bonds. The van der Waals surface area contributed by atoms with Crippen LogP contribution in [0, 0.1) is 11.6 Å². The Kier molecular flexibility index (Phi) is 6.78. The summed E-state index contributed by atoms with van der Waals surface area (Å²) in [6, 6.07) is 16.0. The molecule has 0 aliphatic carbocycles. The number of halogens is 2. The van der Waals surface area contributed by atoms with Crippen molar-refractivity contribution in [2.75, 3.05) is 13.7 Å². The van der Waals surface area contributed by atoms with Gasteiger partial charge in [-0.2, -0.15) is 5.10 Å². The average Bonchev–Trinajstić information content (AvgIpc) is 3.27. The van der Waals surface area contributed by atoms with Crippen molar-refractivity contribution in [2.24, 2.45) is 10.8 Å². The highest BCUT2D eigenvalue weighted by molar-refractivity contribution is 8.14. The van der Waals surface area contributed by atoms with Gasteiger partial charge in [0.2, 0.25) is 0 Å². The first-order valence-electron chi connectivity index (χ1n) is 10.1. The lowest BCUT2D eigenvalue weighted by Gasteiger charge is -2.24. The predicted molar refractivity (Wildman–Crippen MR) is 124 cm³/mol. The van der Waals surface area contributed by atoms with E-state index in [2.05, 4.69) is 5.10 Å². The van der Waals surface area contributed by atoms with Crippen LogP contribution < -0.4 is 15.2 Å². The number of primary amides is 1. The van der Waals surface area contributed by atoms with Crippen molar-refractivity contribution < 1.29 is 27.8 Å². The fourth-order valence-electron chi connectivity index (χ4n) is 3.33. The van der Waals surface area contributed by atoms with Gasteiger partial charge < -0.3 is 15.2 Å². The normalized spacial score (nSPS) is 15.1. The van der Waals surface area contributed by atoms with Crippen LogP contribution in [0.15, 0.2) is 71.8 Å².